The van der Waals surface area contributed by atoms with Gasteiger partial charge < -0.3 is 10.4 Å². The van der Waals surface area contributed by atoms with E-state index < -0.39 is 38.4 Å². The van der Waals surface area contributed by atoms with Crippen LogP contribution in [0.4, 0.5) is 0 Å². The monoisotopic (exact) mass is 277 g/mol. The lowest BCUT2D eigenvalue weighted by Crippen LogP contribution is -2.50. The number of carboxylic acid groups (broad SMARTS) is 1. The van der Waals surface area contributed by atoms with Crippen LogP contribution in [0.5, 0.6) is 0 Å². The topological polar surface area (TPSA) is 101 Å². The molecule has 1 aliphatic carbocycles. The minimum absolute atomic E-state index is 0.487. The summed E-state index contributed by atoms with van der Waals surface area (Å²) < 4.78 is 22.5. The van der Waals surface area contributed by atoms with Crippen LogP contribution in [0.25, 0.3) is 0 Å². The van der Waals surface area contributed by atoms with E-state index in [4.69, 9.17) is 0 Å². The summed E-state index contributed by atoms with van der Waals surface area (Å²) in [6.07, 6.45) is 2.74. The first-order valence-electron chi connectivity index (χ1n) is 5.81. The quantitative estimate of drug-likeness (QED) is 0.763. The molecule has 1 saturated carbocycles. The van der Waals surface area contributed by atoms with Crippen LogP contribution in [0.15, 0.2) is 0 Å². The Morgan fingerprint density at radius 1 is 1.44 bits per heavy atom. The third-order valence-electron chi connectivity index (χ3n) is 3.77. The standard InChI is InChI=1S/C11H19NO5S/c1-7(18(3,16)17)9(13)12-8-5-4-6-11(8,2)10(14)15/h7-8H,4-6H2,1-3H3,(H,12,13)(H,14,15). The fourth-order valence-corrected chi connectivity index (χ4v) is 2.59. The lowest BCUT2D eigenvalue weighted by atomic mass is 9.85. The third kappa shape index (κ3) is 2.82. The Morgan fingerprint density at radius 3 is 2.44 bits per heavy atom. The van der Waals surface area contributed by atoms with Gasteiger partial charge in [-0.1, -0.05) is 6.42 Å². The number of carbonyl (C=O) groups excluding carboxylic acids is 1. The molecule has 6 nitrogen and oxygen atoms in total. The van der Waals surface area contributed by atoms with E-state index in [1.807, 2.05) is 0 Å². The third-order valence-corrected chi connectivity index (χ3v) is 5.27. The second-order valence-electron chi connectivity index (χ2n) is 5.15. The Balaban J connectivity index is 2.80. The summed E-state index contributed by atoms with van der Waals surface area (Å²) in [6.45, 7) is 2.89. The van der Waals surface area contributed by atoms with Crippen LogP contribution in [0.3, 0.4) is 0 Å². The molecule has 0 aliphatic heterocycles. The van der Waals surface area contributed by atoms with Crippen LogP contribution in [-0.2, 0) is 19.4 Å². The number of hydrogen-bond acceptors (Lipinski definition) is 4. The number of carboxylic acids is 1. The van der Waals surface area contributed by atoms with E-state index in [0.717, 1.165) is 6.26 Å². The number of hydrogen-bond donors (Lipinski definition) is 2. The fourth-order valence-electron chi connectivity index (χ4n) is 2.14. The lowest BCUT2D eigenvalue weighted by Gasteiger charge is -2.28. The summed E-state index contributed by atoms with van der Waals surface area (Å²) in [7, 11) is -3.46. The van der Waals surface area contributed by atoms with Crippen molar-refractivity contribution in [2.75, 3.05) is 6.26 Å². The highest BCUT2D eigenvalue weighted by Gasteiger charge is 2.46. The van der Waals surface area contributed by atoms with Gasteiger partial charge in [0.05, 0.1) is 5.41 Å². The molecule has 0 aromatic carbocycles. The van der Waals surface area contributed by atoms with Crippen molar-refractivity contribution in [3.63, 3.8) is 0 Å². The molecule has 0 saturated heterocycles. The Kier molecular flexibility index (Phi) is 4.05. The number of aliphatic carboxylic acids is 1. The molecule has 0 aromatic heterocycles. The Hall–Kier alpha value is -1.11. The molecule has 2 N–H and O–H groups in total. The molecule has 3 atom stereocenters. The van der Waals surface area contributed by atoms with Gasteiger partial charge in [-0.3, -0.25) is 9.59 Å². The van der Waals surface area contributed by atoms with Gasteiger partial charge in [0.1, 0.15) is 5.25 Å². The van der Waals surface area contributed by atoms with E-state index >= 15 is 0 Å². The molecule has 104 valence electrons. The van der Waals surface area contributed by atoms with Crippen LogP contribution in [0, 0.1) is 5.41 Å². The maximum atomic E-state index is 11.8. The summed E-state index contributed by atoms with van der Waals surface area (Å²) in [4.78, 5) is 23.0. The Bertz CT molecular complexity index is 458. The molecule has 0 bridgehead atoms. The highest BCUT2D eigenvalue weighted by molar-refractivity contribution is 7.92. The predicted molar refractivity (Wildman–Crippen MR) is 65.8 cm³/mol. The SMILES string of the molecule is CC(C(=O)NC1CCCC1(C)C(=O)O)S(C)(=O)=O. The summed E-state index contributed by atoms with van der Waals surface area (Å²) in [5.74, 6) is -1.59. The minimum atomic E-state index is -3.46. The van der Waals surface area contributed by atoms with E-state index in [-0.39, 0.29) is 0 Å². The van der Waals surface area contributed by atoms with E-state index in [2.05, 4.69) is 5.32 Å². The number of carbonyl (C=O) groups is 2. The number of nitrogens with one attached hydrogen (secondary N) is 1. The highest BCUT2D eigenvalue weighted by Crippen LogP contribution is 2.38. The van der Waals surface area contributed by atoms with Crippen LogP contribution < -0.4 is 5.32 Å². The van der Waals surface area contributed by atoms with Crippen LogP contribution in [0.1, 0.15) is 33.1 Å². The number of rotatable bonds is 4. The van der Waals surface area contributed by atoms with Crippen molar-refractivity contribution in [2.24, 2.45) is 5.41 Å². The van der Waals surface area contributed by atoms with E-state index in [9.17, 15) is 23.1 Å². The molecule has 1 amide bonds. The van der Waals surface area contributed by atoms with Gasteiger partial charge in [-0.05, 0) is 26.7 Å². The molecule has 0 spiro atoms. The number of sulfone groups is 1. The molecule has 0 radical (unpaired) electrons. The van der Waals surface area contributed by atoms with Crippen molar-refractivity contribution >= 4 is 21.7 Å². The van der Waals surface area contributed by atoms with Crippen molar-refractivity contribution in [2.45, 2.75) is 44.4 Å². The van der Waals surface area contributed by atoms with Gasteiger partial charge in [-0.15, -0.1) is 0 Å². The normalized spacial score (nSPS) is 29.8. The Labute approximate surface area is 107 Å². The van der Waals surface area contributed by atoms with Crippen molar-refractivity contribution in [3.05, 3.63) is 0 Å². The zero-order valence-corrected chi connectivity index (χ0v) is 11.6. The maximum absolute atomic E-state index is 11.8. The van der Waals surface area contributed by atoms with E-state index in [1.54, 1.807) is 6.92 Å². The molecule has 7 heteroatoms. The summed E-state index contributed by atoms with van der Waals surface area (Å²) in [6, 6.07) is -0.508. The largest absolute Gasteiger partial charge is 0.481 e. The smallest absolute Gasteiger partial charge is 0.311 e. The van der Waals surface area contributed by atoms with Gasteiger partial charge in [0.15, 0.2) is 9.84 Å². The zero-order chi connectivity index (χ0) is 14.1. The molecular weight excluding hydrogens is 258 g/mol. The molecule has 1 aliphatic rings. The van der Waals surface area contributed by atoms with Crippen molar-refractivity contribution in [3.8, 4) is 0 Å². The molecular formula is C11H19NO5S. The van der Waals surface area contributed by atoms with Gasteiger partial charge in [0.25, 0.3) is 0 Å². The predicted octanol–water partition coefficient (Wildman–Crippen LogP) is 0.179. The molecule has 0 heterocycles. The first-order chi connectivity index (χ1) is 8.09. The second-order valence-corrected chi connectivity index (χ2v) is 7.51. The molecule has 18 heavy (non-hydrogen) atoms. The molecule has 0 aromatic rings. The number of amides is 1. The van der Waals surface area contributed by atoms with Crippen molar-refractivity contribution in [1.29, 1.82) is 0 Å². The first-order valence-corrected chi connectivity index (χ1v) is 7.77. The minimum Gasteiger partial charge on any atom is -0.481 e. The molecule has 3 unspecified atom stereocenters. The Morgan fingerprint density at radius 2 is 2.00 bits per heavy atom. The average molecular weight is 277 g/mol. The van der Waals surface area contributed by atoms with Crippen molar-refractivity contribution in [1.82, 2.24) is 5.32 Å². The summed E-state index contributed by atoms with van der Waals surface area (Å²) in [5, 5.41) is 10.6. The van der Waals surface area contributed by atoms with Gasteiger partial charge in [-0.2, -0.15) is 0 Å². The fraction of sp³-hybridized carbons (Fsp3) is 0.818. The molecule has 1 rings (SSSR count). The average Bonchev–Trinajstić information content (AvgIpc) is 2.59. The van der Waals surface area contributed by atoms with Crippen LogP contribution in [-0.4, -0.2) is 42.9 Å². The van der Waals surface area contributed by atoms with Crippen LogP contribution >= 0.6 is 0 Å². The maximum Gasteiger partial charge on any atom is 0.311 e. The van der Waals surface area contributed by atoms with Crippen molar-refractivity contribution < 1.29 is 23.1 Å². The summed E-state index contributed by atoms with van der Waals surface area (Å²) >= 11 is 0. The second kappa shape index (κ2) is 4.87. The summed E-state index contributed by atoms with van der Waals surface area (Å²) in [5.41, 5.74) is -1.01. The zero-order valence-electron chi connectivity index (χ0n) is 10.8. The van der Waals surface area contributed by atoms with Gasteiger partial charge in [0.2, 0.25) is 5.91 Å². The lowest BCUT2D eigenvalue weighted by molar-refractivity contribution is -0.149. The first kappa shape index (κ1) is 14.9. The highest BCUT2D eigenvalue weighted by atomic mass is 32.2. The van der Waals surface area contributed by atoms with Gasteiger partial charge in [0, 0.05) is 12.3 Å². The molecule has 1 fully saturated rings. The van der Waals surface area contributed by atoms with Crippen LogP contribution in [0.2, 0.25) is 0 Å². The van der Waals surface area contributed by atoms with Gasteiger partial charge in [-0.25, -0.2) is 8.42 Å². The van der Waals surface area contributed by atoms with E-state index in [1.165, 1.54) is 6.92 Å². The van der Waals surface area contributed by atoms with E-state index in [0.29, 0.717) is 19.3 Å². The van der Waals surface area contributed by atoms with Gasteiger partial charge >= 0.3 is 5.97 Å².